The maximum absolute atomic E-state index is 12.1. The molecule has 3 unspecified atom stereocenters. The maximum Gasteiger partial charge on any atom is 0.413 e. The molecule has 2 aliphatic heterocycles. The first kappa shape index (κ1) is 24.6. The lowest BCUT2D eigenvalue weighted by molar-refractivity contribution is -0.363. The van der Waals surface area contributed by atoms with E-state index < -0.39 is 48.4 Å². The third-order valence-corrected chi connectivity index (χ3v) is 5.75. The third-order valence-electron chi connectivity index (χ3n) is 5.75. The van der Waals surface area contributed by atoms with Crippen molar-refractivity contribution in [3.05, 3.63) is 0 Å². The average molecular weight is 429 g/mol. The Morgan fingerprint density at radius 3 is 1.83 bits per heavy atom. The molecular formula is C22H36O8. The highest BCUT2D eigenvalue weighted by Crippen LogP contribution is 2.35. The highest BCUT2D eigenvalue weighted by Gasteiger charge is 2.58. The second kappa shape index (κ2) is 11.6. The summed E-state index contributed by atoms with van der Waals surface area (Å²) < 4.78 is 14.8. The number of carbonyl (C=O) groups excluding carboxylic acids is 3. The van der Waals surface area contributed by atoms with Crippen LogP contribution in [0.2, 0.25) is 0 Å². The first-order chi connectivity index (χ1) is 14.3. The van der Waals surface area contributed by atoms with Crippen LogP contribution >= 0.6 is 0 Å². The highest BCUT2D eigenvalue weighted by atomic mass is 16.9. The summed E-state index contributed by atoms with van der Waals surface area (Å²) in [6.07, 6.45) is 11.2. The van der Waals surface area contributed by atoms with Crippen molar-refractivity contribution in [1.29, 1.82) is 0 Å². The molecule has 0 amide bonds. The van der Waals surface area contributed by atoms with Crippen LogP contribution in [-0.4, -0.2) is 45.8 Å². The summed E-state index contributed by atoms with van der Waals surface area (Å²) in [7, 11) is 0. The van der Waals surface area contributed by atoms with E-state index in [-0.39, 0.29) is 6.42 Å². The van der Waals surface area contributed by atoms with Gasteiger partial charge in [-0.1, -0.05) is 77.6 Å². The van der Waals surface area contributed by atoms with Crippen LogP contribution in [0.15, 0.2) is 0 Å². The Morgan fingerprint density at radius 2 is 1.27 bits per heavy atom. The second-order valence-corrected chi connectivity index (χ2v) is 8.54. The van der Waals surface area contributed by atoms with Gasteiger partial charge < -0.3 is 24.4 Å². The van der Waals surface area contributed by atoms with Crippen molar-refractivity contribution in [1.82, 2.24) is 0 Å². The van der Waals surface area contributed by atoms with E-state index in [9.17, 15) is 24.6 Å². The van der Waals surface area contributed by atoms with Crippen LogP contribution in [-0.2, 0) is 28.6 Å². The van der Waals surface area contributed by atoms with Crippen LogP contribution < -0.4 is 0 Å². The fourth-order valence-electron chi connectivity index (χ4n) is 3.95. The first-order valence-corrected chi connectivity index (χ1v) is 11.4. The van der Waals surface area contributed by atoms with Gasteiger partial charge in [0.15, 0.2) is 5.60 Å². The molecule has 0 radical (unpaired) electrons. The van der Waals surface area contributed by atoms with Crippen LogP contribution in [0.5, 0.6) is 0 Å². The molecule has 0 aromatic heterocycles. The molecular weight excluding hydrogens is 392 g/mol. The van der Waals surface area contributed by atoms with Crippen molar-refractivity contribution in [2.24, 2.45) is 0 Å². The largest absolute Gasteiger partial charge is 0.451 e. The van der Waals surface area contributed by atoms with E-state index in [2.05, 4.69) is 6.92 Å². The molecule has 8 heteroatoms. The molecule has 0 spiro atoms. The molecule has 0 aromatic rings. The second-order valence-electron chi connectivity index (χ2n) is 8.54. The minimum atomic E-state index is -2.70. The quantitative estimate of drug-likeness (QED) is 0.339. The van der Waals surface area contributed by atoms with Gasteiger partial charge >= 0.3 is 23.9 Å². The first-order valence-electron chi connectivity index (χ1n) is 11.4. The number of cyclic esters (lactones) is 1. The number of carbonyl (C=O) groups is 3. The SMILES string of the molecule is CCCCCCCCCCCCCCC1OC(=O)CC2(O)CC(=O)OC1(O)OC2=O. The molecule has 2 N–H and O–H groups in total. The number of unbranched alkanes of at least 4 members (excludes halogenated alkanes) is 11. The maximum atomic E-state index is 12.1. The third kappa shape index (κ3) is 7.23. The Morgan fingerprint density at radius 1 is 0.767 bits per heavy atom. The van der Waals surface area contributed by atoms with Gasteiger partial charge in [-0.25, -0.2) is 4.79 Å². The summed E-state index contributed by atoms with van der Waals surface area (Å²) >= 11 is 0. The lowest BCUT2D eigenvalue weighted by atomic mass is 9.95. The van der Waals surface area contributed by atoms with Crippen molar-refractivity contribution < 1.29 is 38.8 Å². The van der Waals surface area contributed by atoms with E-state index in [4.69, 9.17) is 14.2 Å². The van der Waals surface area contributed by atoms with Gasteiger partial charge in [-0.05, 0) is 12.8 Å². The summed E-state index contributed by atoms with van der Waals surface area (Å²) in [5.74, 6) is -5.86. The topological polar surface area (TPSA) is 119 Å². The molecule has 8 nitrogen and oxygen atoms in total. The zero-order valence-corrected chi connectivity index (χ0v) is 18.0. The molecule has 2 aliphatic rings. The fourth-order valence-corrected chi connectivity index (χ4v) is 3.95. The van der Waals surface area contributed by atoms with Crippen molar-refractivity contribution in [3.8, 4) is 0 Å². The lowest BCUT2D eigenvalue weighted by Gasteiger charge is -2.34. The molecule has 2 saturated heterocycles. The Bertz CT molecular complexity index is 592. The number of aliphatic hydroxyl groups is 2. The van der Waals surface area contributed by atoms with Crippen molar-refractivity contribution in [3.63, 3.8) is 0 Å². The van der Waals surface area contributed by atoms with Crippen molar-refractivity contribution in [2.75, 3.05) is 0 Å². The monoisotopic (exact) mass is 428 g/mol. The molecule has 0 aliphatic carbocycles. The molecule has 2 heterocycles. The van der Waals surface area contributed by atoms with Crippen LogP contribution in [0.4, 0.5) is 0 Å². The molecule has 172 valence electrons. The van der Waals surface area contributed by atoms with Crippen molar-refractivity contribution >= 4 is 17.9 Å². The van der Waals surface area contributed by atoms with E-state index in [1.165, 1.54) is 51.4 Å². The molecule has 2 bridgehead atoms. The highest BCUT2D eigenvalue weighted by molar-refractivity contribution is 5.91. The lowest BCUT2D eigenvalue weighted by Crippen LogP contribution is -2.55. The number of ether oxygens (including phenoxy) is 3. The number of hydrogen-bond donors (Lipinski definition) is 2. The Balaban J connectivity index is 1.70. The Labute approximate surface area is 178 Å². The fraction of sp³-hybridized carbons (Fsp3) is 0.864. The normalized spacial score (nSPS) is 28.9. The predicted molar refractivity (Wildman–Crippen MR) is 107 cm³/mol. The van der Waals surface area contributed by atoms with Gasteiger partial charge in [0, 0.05) is 0 Å². The number of fused-ring (bicyclic) bond motifs is 3. The minimum Gasteiger partial charge on any atom is -0.451 e. The molecule has 0 saturated carbocycles. The summed E-state index contributed by atoms with van der Waals surface area (Å²) in [5.41, 5.74) is -2.38. The molecule has 2 fully saturated rings. The predicted octanol–water partition coefficient (Wildman–Crippen LogP) is 3.26. The Hall–Kier alpha value is -1.67. The zero-order valence-electron chi connectivity index (χ0n) is 18.0. The van der Waals surface area contributed by atoms with Crippen LogP contribution in [0.25, 0.3) is 0 Å². The summed E-state index contributed by atoms with van der Waals surface area (Å²) in [5, 5.41) is 20.8. The van der Waals surface area contributed by atoms with Crippen LogP contribution in [0.3, 0.4) is 0 Å². The number of esters is 3. The van der Waals surface area contributed by atoms with Gasteiger partial charge in [-0.3, -0.25) is 9.59 Å². The smallest absolute Gasteiger partial charge is 0.413 e. The van der Waals surface area contributed by atoms with E-state index in [0.717, 1.165) is 19.3 Å². The van der Waals surface area contributed by atoms with E-state index in [1.54, 1.807) is 0 Å². The molecule has 3 atom stereocenters. The number of rotatable bonds is 13. The summed E-state index contributed by atoms with van der Waals surface area (Å²) in [6, 6.07) is 0. The zero-order chi connectivity index (χ0) is 22.0. The van der Waals surface area contributed by atoms with Gasteiger partial charge in [-0.15, -0.1) is 0 Å². The van der Waals surface area contributed by atoms with Gasteiger partial charge in [0.05, 0.1) is 12.8 Å². The Kier molecular flexibility index (Phi) is 9.55. The van der Waals surface area contributed by atoms with Gasteiger partial charge in [0.1, 0.15) is 0 Å². The van der Waals surface area contributed by atoms with E-state index >= 15 is 0 Å². The summed E-state index contributed by atoms with van der Waals surface area (Å²) in [6.45, 7) is 2.22. The van der Waals surface area contributed by atoms with Crippen molar-refractivity contribution in [2.45, 2.75) is 121 Å². The van der Waals surface area contributed by atoms with Gasteiger partial charge in [-0.2, -0.15) is 0 Å². The minimum absolute atomic E-state index is 0.179. The van der Waals surface area contributed by atoms with Crippen LogP contribution in [0.1, 0.15) is 103 Å². The average Bonchev–Trinajstić information content (AvgIpc) is 2.72. The molecule has 2 rings (SSSR count). The number of hydrogen-bond acceptors (Lipinski definition) is 8. The van der Waals surface area contributed by atoms with Gasteiger partial charge in [0.25, 0.3) is 0 Å². The summed E-state index contributed by atoms with van der Waals surface area (Å²) in [4.78, 5) is 36.0. The molecule has 0 aromatic carbocycles. The van der Waals surface area contributed by atoms with E-state index in [1.807, 2.05) is 0 Å². The molecule has 30 heavy (non-hydrogen) atoms. The van der Waals surface area contributed by atoms with Gasteiger partial charge in [0.2, 0.25) is 6.10 Å². The standard InChI is InChI=1S/C22H36O8/c1-2-3-4-5-6-7-8-9-10-11-12-13-14-17-22(27)29-19(24)16-21(26,20(25)30-22)15-18(23)28-17/h17,26-27H,2-16H2,1H3. The van der Waals surface area contributed by atoms with Crippen LogP contribution in [0, 0.1) is 0 Å². The van der Waals surface area contributed by atoms with E-state index in [0.29, 0.717) is 6.42 Å².